The zero-order valence-corrected chi connectivity index (χ0v) is 19.5. The fourth-order valence-electron chi connectivity index (χ4n) is 3.08. The van der Waals surface area contributed by atoms with E-state index >= 15 is 0 Å². The summed E-state index contributed by atoms with van der Waals surface area (Å²) >= 11 is 7.48. The van der Waals surface area contributed by atoms with Crippen LogP contribution < -0.4 is 14.8 Å². The number of ether oxygens (including phenoxy) is 1. The van der Waals surface area contributed by atoms with Gasteiger partial charge in [0.05, 0.1) is 22.8 Å². The minimum absolute atomic E-state index is 0.339. The summed E-state index contributed by atoms with van der Waals surface area (Å²) in [5, 5.41) is 13.0. The first kappa shape index (κ1) is 22.6. The van der Waals surface area contributed by atoms with Gasteiger partial charge in [-0.05, 0) is 60.0 Å². The van der Waals surface area contributed by atoms with E-state index < -0.39 is 10.0 Å². The summed E-state index contributed by atoms with van der Waals surface area (Å²) in [7, 11) is -3.40. The summed E-state index contributed by atoms with van der Waals surface area (Å²) in [5.74, 6) is 0.533. The summed E-state index contributed by atoms with van der Waals surface area (Å²) in [6.45, 7) is 0. The molecule has 0 aliphatic carbocycles. The maximum Gasteiger partial charge on any atom is 0.265 e. The lowest BCUT2D eigenvalue weighted by molar-refractivity contribution is 0.103. The van der Waals surface area contributed by atoms with Crippen LogP contribution in [0.1, 0.15) is 15.2 Å². The highest BCUT2D eigenvalue weighted by molar-refractivity contribution is 7.92. The van der Waals surface area contributed by atoms with Crippen LogP contribution >= 0.6 is 22.9 Å². The van der Waals surface area contributed by atoms with Crippen LogP contribution in [0.3, 0.4) is 0 Å². The molecule has 0 radical (unpaired) electrons. The van der Waals surface area contributed by atoms with Crippen molar-refractivity contribution in [3.8, 4) is 17.6 Å². The number of sulfonamides is 1. The van der Waals surface area contributed by atoms with Gasteiger partial charge in [0.1, 0.15) is 11.5 Å². The van der Waals surface area contributed by atoms with Crippen molar-refractivity contribution in [3.63, 3.8) is 0 Å². The van der Waals surface area contributed by atoms with Gasteiger partial charge in [0.25, 0.3) is 5.91 Å². The highest BCUT2D eigenvalue weighted by Crippen LogP contribution is 2.31. The van der Waals surface area contributed by atoms with E-state index in [1.165, 1.54) is 11.3 Å². The van der Waals surface area contributed by atoms with Crippen molar-refractivity contribution in [1.82, 2.24) is 0 Å². The van der Waals surface area contributed by atoms with E-state index in [0.717, 1.165) is 16.3 Å². The van der Waals surface area contributed by atoms with E-state index in [4.69, 9.17) is 21.6 Å². The second-order valence-corrected chi connectivity index (χ2v) is 10.4. The van der Waals surface area contributed by atoms with Gasteiger partial charge in [-0.3, -0.25) is 9.52 Å². The van der Waals surface area contributed by atoms with Crippen molar-refractivity contribution < 1.29 is 17.9 Å². The molecular formula is C23H16ClN3O4S2. The largest absolute Gasteiger partial charge is 0.457 e. The minimum atomic E-state index is -3.40. The Hall–Kier alpha value is -3.58. The van der Waals surface area contributed by atoms with Gasteiger partial charge in [-0.25, -0.2) is 8.42 Å². The van der Waals surface area contributed by atoms with E-state index in [-0.39, 0.29) is 5.91 Å². The number of hydrogen-bond donors (Lipinski definition) is 2. The molecule has 0 aliphatic heterocycles. The van der Waals surface area contributed by atoms with Gasteiger partial charge in [0.2, 0.25) is 10.0 Å². The molecule has 1 aromatic heterocycles. The average molecular weight is 498 g/mol. The predicted molar refractivity (Wildman–Crippen MR) is 131 cm³/mol. The van der Waals surface area contributed by atoms with Crippen LogP contribution in [0.25, 0.3) is 10.1 Å². The fraction of sp³-hybridized carbons (Fsp3) is 0.0435. The molecule has 166 valence electrons. The number of thiophene rings is 1. The number of fused-ring (bicyclic) bond motifs is 1. The summed E-state index contributed by atoms with van der Waals surface area (Å²) in [6.07, 6.45) is 1.08. The van der Waals surface area contributed by atoms with Gasteiger partial charge in [-0.15, -0.1) is 11.3 Å². The number of halogens is 1. The number of hydrogen-bond acceptors (Lipinski definition) is 6. The Bertz CT molecular complexity index is 1520. The summed E-state index contributed by atoms with van der Waals surface area (Å²) < 4.78 is 31.9. The molecular weight excluding hydrogens is 482 g/mol. The molecule has 10 heteroatoms. The van der Waals surface area contributed by atoms with Crippen molar-refractivity contribution >= 4 is 60.3 Å². The van der Waals surface area contributed by atoms with E-state index in [0.29, 0.717) is 38.3 Å². The van der Waals surface area contributed by atoms with Gasteiger partial charge in [-0.2, -0.15) is 5.26 Å². The Morgan fingerprint density at radius 3 is 2.61 bits per heavy atom. The van der Waals surface area contributed by atoms with Crippen LogP contribution in [0, 0.1) is 11.3 Å². The zero-order chi connectivity index (χ0) is 23.6. The Labute approximate surface area is 199 Å². The highest BCUT2D eigenvalue weighted by Gasteiger charge is 2.13. The molecule has 0 fully saturated rings. The van der Waals surface area contributed by atoms with E-state index in [9.17, 15) is 13.2 Å². The molecule has 0 saturated heterocycles. The van der Waals surface area contributed by atoms with Crippen LogP contribution in [0.2, 0.25) is 5.02 Å². The molecule has 0 atom stereocenters. The number of nitrogens with one attached hydrogen (secondary N) is 2. The molecule has 1 amide bonds. The molecule has 4 rings (SSSR count). The molecule has 2 N–H and O–H groups in total. The molecule has 0 bridgehead atoms. The summed E-state index contributed by atoms with van der Waals surface area (Å²) in [6, 6.07) is 20.3. The number of anilines is 2. The van der Waals surface area contributed by atoms with Crippen LogP contribution in [0.4, 0.5) is 11.4 Å². The molecule has 7 nitrogen and oxygen atoms in total. The number of carbonyl (C=O) groups is 1. The minimum Gasteiger partial charge on any atom is -0.457 e. The van der Waals surface area contributed by atoms with Crippen LogP contribution in [-0.4, -0.2) is 20.6 Å². The van der Waals surface area contributed by atoms with Gasteiger partial charge in [0.15, 0.2) is 0 Å². The van der Waals surface area contributed by atoms with Crippen LogP contribution in [-0.2, 0) is 10.0 Å². The highest BCUT2D eigenvalue weighted by atomic mass is 35.5. The van der Waals surface area contributed by atoms with Crippen molar-refractivity contribution in [2.75, 3.05) is 16.3 Å². The Balaban J connectivity index is 1.54. The Morgan fingerprint density at radius 1 is 1.03 bits per heavy atom. The second-order valence-electron chi connectivity index (χ2n) is 7.11. The van der Waals surface area contributed by atoms with E-state index in [1.807, 2.05) is 6.07 Å². The molecule has 1 heterocycles. The number of rotatable bonds is 6. The first-order chi connectivity index (χ1) is 15.7. The quantitative estimate of drug-likeness (QED) is 0.347. The third-order valence-corrected chi connectivity index (χ3v) is 6.31. The van der Waals surface area contributed by atoms with Crippen LogP contribution in [0.5, 0.6) is 11.5 Å². The number of amides is 1. The van der Waals surface area contributed by atoms with Gasteiger partial charge in [0, 0.05) is 27.2 Å². The zero-order valence-electron chi connectivity index (χ0n) is 17.1. The molecule has 0 saturated carbocycles. The van der Waals surface area contributed by atoms with E-state index in [1.54, 1.807) is 66.7 Å². The smallest absolute Gasteiger partial charge is 0.265 e. The summed E-state index contributed by atoms with van der Waals surface area (Å²) in [5.41, 5.74) is 1.32. The average Bonchev–Trinajstić information content (AvgIpc) is 3.16. The third kappa shape index (κ3) is 5.81. The van der Waals surface area contributed by atoms with Crippen molar-refractivity contribution in [2.24, 2.45) is 0 Å². The third-order valence-electron chi connectivity index (χ3n) is 4.37. The molecule has 0 spiro atoms. The maximum atomic E-state index is 12.8. The first-order valence-corrected chi connectivity index (χ1v) is 12.6. The topological polar surface area (TPSA) is 108 Å². The number of nitrogens with zero attached hydrogens (tertiary/aromatic N) is 1. The lowest BCUT2D eigenvalue weighted by Gasteiger charge is -2.10. The predicted octanol–water partition coefficient (Wildman–Crippen LogP) is 5.84. The van der Waals surface area contributed by atoms with Crippen molar-refractivity contribution in [2.45, 2.75) is 0 Å². The van der Waals surface area contributed by atoms with E-state index in [2.05, 4.69) is 10.0 Å². The van der Waals surface area contributed by atoms with Gasteiger partial charge < -0.3 is 10.1 Å². The molecule has 0 unspecified atom stereocenters. The molecule has 3 aromatic carbocycles. The van der Waals surface area contributed by atoms with Crippen molar-refractivity contribution in [1.29, 1.82) is 5.26 Å². The maximum absolute atomic E-state index is 12.8. The normalized spacial score (nSPS) is 11.1. The van der Waals surface area contributed by atoms with Crippen LogP contribution in [0.15, 0.2) is 66.7 Å². The standard InChI is InChI=1S/C23H16ClN3O4S2/c1-33(29,30)27-17-5-6-21-15(8-17)9-22(32-21)23(28)26-18-10-16(24)11-20(12-18)31-19-4-2-3-14(7-19)13-25/h2-12,27H,1H3,(H,26,28). The van der Waals surface area contributed by atoms with Crippen molar-refractivity contribution in [3.05, 3.63) is 82.2 Å². The molecule has 0 aliphatic rings. The first-order valence-electron chi connectivity index (χ1n) is 9.50. The molecule has 33 heavy (non-hydrogen) atoms. The number of nitriles is 1. The number of carbonyl (C=O) groups excluding carboxylic acids is 1. The van der Waals surface area contributed by atoms with Gasteiger partial charge >= 0.3 is 0 Å². The second kappa shape index (κ2) is 9.11. The lowest BCUT2D eigenvalue weighted by atomic mass is 10.2. The Kier molecular flexibility index (Phi) is 6.24. The fourth-order valence-corrected chi connectivity index (χ4v) is 4.80. The number of benzene rings is 3. The lowest BCUT2D eigenvalue weighted by Crippen LogP contribution is -2.10. The van der Waals surface area contributed by atoms with Gasteiger partial charge in [-0.1, -0.05) is 17.7 Å². The summed E-state index contributed by atoms with van der Waals surface area (Å²) in [4.78, 5) is 13.3. The Morgan fingerprint density at radius 2 is 1.85 bits per heavy atom. The monoisotopic (exact) mass is 497 g/mol. The SMILES string of the molecule is CS(=O)(=O)Nc1ccc2sc(C(=O)Nc3cc(Cl)cc(Oc4cccc(C#N)c4)c3)cc2c1. The molecule has 4 aromatic rings.